The van der Waals surface area contributed by atoms with Crippen molar-refractivity contribution in [3.63, 3.8) is 0 Å². The summed E-state index contributed by atoms with van der Waals surface area (Å²) in [6.07, 6.45) is -2.31. The zero-order chi connectivity index (χ0) is 19.4. The number of imidazole rings is 1. The van der Waals surface area contributed by atoms with E-state index in [1.54, 1.807) is 6.33 Å². The first kappa shape index (κ1) is 18.9. The van der Waals surface area contributed by atoms with Crippen LogP contribution in [-0.4, -0.2) is 37.8 Å². The molecule has 0 bridgehead atoms. The molecule has 3 aromatic rings. The molecule has 0 fully saturated rings. The number of hydrogen-bond donors (Lipinski definition) is 3. The Kier molecular flexibility index (Phi) is 5.45. The summed E-state index contributed by atoms with van der Waals surface area (Å²) >= 11 is 0. The van der Waals surface area contributed by atoms with Crippen LogP contribution in [0.15, 0.2) is 30.6 Å². The van der Waals surface area contributed by atoms with Gasteiger partial charge in [-0.05, 0) is 31.5 Å². The number of benzene rings is 1. The number of hydrogen-bond acceptors (Lipinski definition) is 6. The summed E-state index contributed by atoms with van der Waals surface area (Å²) in [5, 5.41) is 14.8. The summed E-state index contributed by atoms with van der Waals surface area (Å²) in [5.74, 6) is 0.610. The van der Waals surface area contributed by atoms with Crippen LogP contribution in [0.1, 0.15) is 18.9 Å². The minimum Gasteiger partial charge on any atom is -0.396 e. The Morgan fingerprint density at radius 2 is 2.04 bits per heavy atom. The molecule has 0 saturated carbocycles. The van der Waals surface area contributed by atoms with Gasteiger partial charge in [0.25, 0.3) is 0 Å². The maximum Gasteiger partial charge on any atom is 0.416 e. The highest BCUT2D eigenvalue weighted by atomic mass is 19.4. The van der Waals surface area contributed by atoms with Crippen LogP contribution in [0.5, 0.6) is 0 Å². The van der Waals surface area contributed by atoms with Gasteiger partial charge < -0.3 is 20.3 Å². The van der Waals surface area contributed by atoms with Crippen molar-refractivity contribution in [2.45, 2.75) is 26.1 Å². The first-order chi connectivity index (χ1) is 12.9. The monoisotopic (exact) mass is 380 g/mol. The lowest BCUT2D eigenvalue weighted by Gasteiger charge is -2.12. The highest BCUT2D eigenvalue weighted by Gasteiger charge is 2.30. The van der Waals surface area contributed by atoms with Gasteiger partial charge in [-0.2, -0.15) is 23.1 Å². The number of alkyl halides is 3. The van der Waals surface area contributed by atoms with Crippen molar-refractivity contribution in [3.05, 3.63) is 36.2 Å². The predicted molar refractivity (Wildman–Crippen MR) is 95.9 cm³/mol. The van der Waals surface area contributed by atoms with Crippen LogP contribution in [0.4, 0.5) is 30.6 Å². The van der Waals surface area contributed by atoms with Crippen molar-refractivity contribution < 1.29 is 18.3 Å². The van der Waals surface area contributed by atoms with E-state index in [1.165, 1.54) is 12.1 Å². The van der Waals surface area contributed by atoms with Gasteiger partial charge >= 0.3 is 6.18 Å². The van der Waals surface area contributed by atoms with Crippen molar-refractivity contribution in [3.8, 4) is 0 Å². The van der Waals surface area contributed by atoms with Gasteiger partial charge in [-0.15, -0.1) is 0 Å². The van der Waals surface area contributed by atoms with E-state index in [1.807, 2.05) is 11.5 Å². The van der Waals surface area contributed by atoms with Gasteiger partial charge in [0.1, 0.15) is 0 Å². The summed E-state index contributed by atoms with van der Waals surface area (Å²) in [7, 11) is 0. The molecule has 144 valence electrons. The minimum atomic E-state index is -4.43. The lowest BCUT2D eigenvalue weighted by molar-refractivity contribution is -0.137. The van der Waals surface area contributed by atoms with Crippen LogP contribution in [0.2, 0.25) is 0 Å². The molecule has 27 heavy (non-hydrogen) atoms. The van der Waals surface area contributed by atoms with Crippen LogP contribution in [0.25, 0.3) is 11.2 Å². The zero-order valence-electron chi connectivity index (χ0n) is 14.6. The van der Waals surface area contributed by atoms with E-state index in [2.05, 4.69) is 25.6 Å². The van der Waals surface area contributed by atoms with Gasteiger partial charge in [-0.3, -0.25) is 0 Å². The molecule has 0 unspecified atom stereocenters. The average Bonchev–Trinajstić information content (AvgIpc) is 3.05. The number of nitrogens with zero attached hydrogens (tertiary/aromatic N) is 4. The normalized spacial score (nSPS) is 11.7. The van der Waals surface area contributed by atoms with E-state index in [9.17, 15) is 13.2 Å². The first-order valence-corrected chi connectivity index (χ1v) is 8.44. The third-order valence-corrected chi connectivity index (χ3v) is 3.88. The number of fused-ring (bicyclic) bond motifs is 1. The molecule has 3 rings (SSSR count). The largest absolute Gasteiger partial charge is 0.416 e. The fourth-order valence-electron chi connectivity index (χ4n) is 2.53. The molecule has 7 nitrogen and oxygen atoms in total. The van der Waals surface area contributed by atoms with Crippen LogP contribution in [0.3, 0.4) is 0 Å². The number of halogens is 3. The van der Waals surface area contributed by atoms with Crippen molar-refractivity contribution in [1.29, 1.82) is 0 Å². The maximum atomic E-state index is 12.9. The van der Waals surface area contributed by atoms with E-state index < -0.39 is 11.7 Å². The van der Waals surface area contributed by atoms with Gasteiger partial charge in [-0.1, -0.05) is 6.07 Å². The van der Waals surface area contributed by atoms with Crippen LogP contribution in [0, 0.1) is 0 Å². The van der Waals surface area contributed by atoms with E-state index in [0.717, 1.165) is 12.1 Å². The third kappa shape index (κ3) is 4.27. The van der Waals surface area contributed by atoms with Gasteiger partial charge in [0.2, 0.25) is 5.95 Å². The Hall–Kier alpha value is -2.88. The van der Waals surface area contributed by atoms with Crippen molar-refractivity contribution >= 4 is 28.6 Å². The molecule has 0 spiro atoms. The summed E-state index contributed by atoms with van der Waals surface area (Å²) in [6.45, 7) is 3.05. The van der Waals surface area contributed by atoms with Gasteiger partial charge in [-0.25, -0.2) is 4.98 Å². The van der Waals surface area contributed by atoms with E-state index in [0.29, 0.717) is 42.4 Å². The zero-order valence-corrected chi connectivity index (χ0v) is 14.6. The lowest BCUT2D eigenvalue weighted by Crippen LogP contribution is -2.10. The number of aliphatic hydroxyl groups is 1. The molecule has 0 aliphatic rings. The van der Waals surface area contributed by atoms with E-state index >= 15 is 0 Å². The van der Waals surface area contributed by atoms with Gasteiger partial charge in [0.05, 0.1) is 11.9 Å². The number of aliphatic hydroxyl groups excluding tert-OH is 1. The van der Waals surface area contributed by atoms with Gasteiger partial charge in [0, 0.05) is 25.4 Å². The molecule has 0 aliphatic carbocycles. The van der Waals surface area contributed by atoms with Crippen molar-refractivity contribution in [2.24, 2.45) is 0 Å². The molecular formula is C17H19F3N6O. The second kappa shape index (κ2) is 7.78. The SMILES string of the molecule is CCn1cnc2c(Nc3cccc(C(F)(F)F)c3)nc(NCCCO)nc21. The predicted octanol–water partition coefficient (Wildman–Crippen LogP) is 3.40. The molecule has 10 heteroatoms. The fourth-order valence-corrected chi connectivity index (χ4v) is 2.53. The van der Waals surface area contributed by atoms with E-state index in [-0.39, 0.29) is 12.3 Å². The number of anilines is 3. The molecule has 2 heterocycles. The minimum absolute atomic E-state index is 0.0253. The summed E-state index contributed by atoms with van der Waals surface area (Å²) in [6, 6.07) is 4.88. The Morgan fingerprint density at radius 1 is 1.22 bits per heavy atom. The number of aromatic nitrogens is 4. The first-order valence-electron chi connectivity index (χ1n) is 8.44. The molecule has 0 radical (unpaired) electrons. The maximum absolute atomic E-state index is 12.9. The third-order valence-electron chi connectivity index (χ3n) is 3.88. The quantitative estimate of drug-likeness (QED) is 0.545. The van der Waals surface area contributed by atoms with Crippen molar-refractivity contribution in [1.82, 2.24) is 19.5 Å². The highest BCUT2D eigenvalue weighted by Crippen LogP contribution is 2.32. The lowest BCUT2D eigenvalue weighted by atomic mass is 10.2. The Morgan fingerprint density at radius 3 is 2.74 bits per heavy atom. The Labute approximate surface area is 153 Å². The average molecular weight is 380 g/mol. The number of rotatable bonds is 7. The molecule has 0 aliphatic heterocycles. The summed E-state index contributed by atoms with van der Waals surface area (Å²) in [4.78, 5) is 13.0. The van der Waals surface area contributed by atoms with Crippen LogP contribution < -0.4 is 10.6 Å². The molecule has 1 aromatic carbocycles. The Balaban J connectivity index is 1.98. The van der Waals surface area contributed by atoms with Crippen LogP contribution in [-0.2, 0) is 12.7 Å². The molecule has 3 N–H and O–H groups in total. The molecular weight excluding hydrogens is 361 g/mol. The fraction of sp³-hybridized carbons (Fsp3) is 0.353. The van der Waals surface area contributed by atoms with Gasteiger partial charge in [0.15, 0.2) is 17.0 Å². The smallest absolute Gasteiger partial charge is 0.396 e. The second-order valence-electron chi connectivity index (χ2n) is 5.81. The summed E-state index contributed by atoms with van der Waals surface area (Å²) in [5.41, 5.74) is 0.519. The molecule has 0 saturated heterocycles. The van der Waals surface area contributed by atoms with Crippen molar-refractivity contribution in [2.75, 3.05) is 23.8 Å². The standard InChI is InChI=1S/C17H19F3N6O/c1-2-26-10-22-13-14(24-16(25-15(13)26)21-7-4-8-27)23-12-6-3-5-11(9-12)17(18,19)20/h3,5-6,9-10,27H,2,4,7-8H2,1H3,(H2,21,23,24,25). The van der Waals surface area contributed by atoms with Crippen LogP contribution >= 0.6 is 0 Å². The highest BCUT2D eigenvalue weighted by molar-refractivity contribution is 5.86. The molecule has 0 atom stereocenters. The number of aryl methyl sites for hydroxylation is 1. The number of nitrogens with one attached hydrogen (secondary N) is 2. The van der Waals surface area contributed by atoms with E-state index in [4.69, 9.17) is 5.11 Å². The second-order valence-corrected chi connectivity index (χ2v) is 5.81. The Bertz CT molecular complexity index is 925. The topological polar surface area (TPSA) is 87.9 Å². The molecule has 2 aromatic heterocycles. The summed E-state index contributed by atoms with van der Waals surface area (Å²) < 4.78 is 40.7. The molecule has 0 amide bonds.